The summed E-state index contributed by atoms with van der Waals surface area (Å²) in [6.07, 6.45) is 5.46. The number of aromatic nitrogens is 1. The molecule has 0 saturated carbocycles. The summed E-state index contributed by atoms with van der Waals surface area (Å²) in [6, 6.07) is 15.9. The number of nitrogens with zero attached hydrogens (tertiary/aromatic N) is 3. The number of fused-ring (bicyclic) bond motifs is 1. The minimum absolute atomic E-state index is 0.104. The molecule has 1 atom stereocenters. The van der Waals surface area contributed by atoms with Crippen molar-refractivity contribution >= 4 is 27.8 Å². The SMILES string of the molecule is O=[N+]([O-])c1ccc(N2CCCC(Nc3ccccc3)C2)c2ccncc12. The Morgan fingerprint density at radius 1 is 1.12 bits per heavy atom. The van der Waals surface area contributed by atoms with Crippen molar-refractivity contribution in [2.45, 2.75) is 18.9 Å². The van der Waals surface area contributed by atoms with E-state index in [1.165, 1.54) is 0 Å². The Labute approximate surface area is 151 Å². The van der Waals surface area contributed by atoms with E-state index < -0.39 is 0 Å². The Kier molecular flexibility index (Phi) is 4.39. The Morgan fingerprint density at radius 2 is 1.96 bits per heavy atom. The molecule has 1 aliphatic rings. The number of nitro groups is 1. The molecule has 1 saturated heterocycles. The second-order valence-corrected chi connectivity index (χ2v) is 6.58. The number of hydrogen-bond donors (Lipinski definition) is 1. The van der Waals surface area contributed by atoms with Crippen LogP contribution in [0.15, 0.2) is 60.9 Å². The molecule has 0 spiro atoms. The molecule has 4 rings (SSSR count). The second-order valence-electron chi connectivity index (χ2n) is 6.58. The van der Waals surface area contributed by atoms with Gasteiger partial charge in [0.2, 0.25) is 0 Å². The van der Waals surface area contributed by atoms with E-state index in [4.69, 9.17) is 0 Å². The van der Waals surface area contributed by atoms with Gasteiger partial charge < -0.3 is 10.2 Å². The highest BCUT2D eigenvalue weighted by Crippen LogP contribution is 2.34. The molecule has 0 radical (unpaired) electrons. The highest BCUT2D eigenvalue weighted by Gasteiger charge is 2.23. The third-order valence-electron chi connectivity index (χ3n) is 4.88. The van der Waals surface area contributed by atoms with Crippen LogP contribution in [-0.2, 0) is 0 Å². The van der Waals surface area contributed by atoms with Gasteiger partial charge in [-0.05, 0) is 37.1 Å². The number of anilines is 2. The Balaban J connectivity index is 1.63. The monoisotopic (exact) mass is 348 g/mol. The largest absolute Gasteiger partial charge is 0.381 e. The molecule has 1 unspecified atom stereocenters. The first kappa shape index (κ1) is 16.3. The molecular weight excluding hydrogens is 328 g/mol. The zero-order valence-electron chi connectivity index (χ0n) is 14.3. The van der Waals surface area contributed by atoms with Crippen LogP contribution < -0.4 is 10.2 Å². The van der Waals surface area contributed by atoms with Crippen LogP contribution in [0.5, 0.6) is 0 Å². The van der Waals surface area contributed by atoms with Crippen molar-refractivity contribution in [2.24, 2.45) is 0 Å². The lowest BCUT2D eigenvalue weighted by atomic mass is 10.0. The van der Waals surface area contributed by atoms with Gasteiger partial charge in [-0.3, -0.25) is 15.1 Å². The molecule has 1 N–H and O–H groups in total. The van der Waals surface area contributed by atoms with E-state index in [2.05, 4.69) is 27.3 Å². The zero-order valence-corrected chi connectivity index (χ0v) is 14.3. The lowest BCUT2D eigenvalue weighted by Crippen LogP contribution is -2.42. The first-order valence-corrected chi connectivity index (χ1v) is 8.80. The van der Waals surface area contributed by atoms with Crippen LogP contribution in [0.1, 0.15) is 12.8 Å². The van der Waals surface area contributed by atoms with Crippen molar-refractivity contribution < 1.29 is 4.92 Å². The van der Waals surface area contributed by atoms with Gasteiger partial charge in [-0.15, -0.1) is 0 Å². The van der Waals surface area contributed by atoms with Crippen LogP contribution in [-0.4, -0.2) is 29.0 Å². The van der Waals surface area contributed by atoms with Crippen LogP contribution in [0.3, 0.4) is 0 Å². The van der Waals surface area contributed by atoms with E-state index in [1.807, 2.05) is 30.3 Å². The maximum Gasteiger partial charge on any atom is 0.278 e. The van der Waals surface area contributed by atoms with Crippen LogP contribution in [0.4, 0.5) is 17.1 Å². The predicted molar refractivity (Wildman–Crippen MR) is 104 cm³/mol. The molecule has 1 aliphatic heterocycles. The summed E-state index contributed by atoms with van der Waals surface area (Å²) in [5.41, 5.74) is 2.26. The average Bonchev–Trinajstić information content (AvgIpc) is 2.68. The van der Waals surface area contributed by atoms with Crippen LogP contribution in [0, 0.1) is 10.1 Å². The van der Waals surface area contributed by atoms with Crippen LogP contribution in [0.2, 0.25) is 0 Å². The molecule has 0 bridgehead atoms. The van der Waals surface area contributed by atoms with Crippen molar-refractivity contribution in [3.05, 3.63) is 71.0 Å². The fourth-order valence-corrected chi connectivity index (χ4v) is 3.68. The van der Waals surface area contributed by atoms with Crippen molar-refractivity contribution in [1.82, 2.24) is 4.98 Å². The summed E-state index contributed by atoms with van der Waals surface area (Å²) in [7, 11) is 0. The fraction of sp³-hybridized carbons (Fsp3) is 0.250. The number of benzene rings is 2. The third kappa shape index (κ3) is 3.18. The maximum absolute atomic E-state index is 11.3. The number of nitro benzene ring substituents is 1. The van der Waals surface area contributed by atoms with Crippen molar-refractivity contribution in [3.63, 3.8) is 0 Å². The van der Waals surface area contributed by atoms with E-state index in [0.717, 1.165) is 42.7 Å². The first-order chi connectivity index (χ1) is 12.7. The average molecular weight is 348 g/mol. The van der Waals surface area contributed by atoms with Crippen LogP contribution in [0.25, 0.3) is 10.8 Å². The predicted octanol–water partition coefficient (Wildman–Crippen LogP) is 4.22. The molecule has 2 aromatic carbocycles. The molecule has 132 valence electrons. The molecule has 1 fully saturated rings. The van der Waals surface area contributed by atoms with Gasteiger partial charge in [0.25, 0.3) is 5.69 Å². The van der Waals surface area contributed by atoms with Crippen molar-refractivity contribution in [3.8, 4) is 0 Å². The molecule has 3 aromatic rings. The summed E-state index contributed by atoms with van der Waals surface area (Å²) < 4.78 is 0. The molecule has 6 heteroatoms. The minimum Gasteiger partial charge on any atom is -0.381 e. The summed E-state index contributed by atoms with van der Waals surface area (Å²) in [5.74, 6) is 0. The highest BCUT2D eigenvalue weighted by molar-refractivity contribution is 5.99. The van der Waals surface area contributed by atoms with E-state index in [-0.39, 0.29) is 10.6 Å². The zero-order chi connectivity index (χ0) is 17.9. The highest BCUT2D eigenvalue weighted by atomic mass is 16.6. The van der Waals surface area contributed by atoms with Gasteiger partial charge in [0, 0.05) is 54.4 Å². The quantitative estimate of drug-likeness (QED) is 0.564. The first-order valence-electron chi connectivity index (χ1n) is 8.80. The molecule has 0 amide bonds. The van der Waals surface area contributed by atoms with Crippen LogP contribution >= 0.6 is 0 Å². The van der Waals surface area contributed by atoms with Gasteiger partial charge in [-0.1, -0.05) is 18.2 Å². The van der Waals surface area contributed by atoms with Gasteiger partial charge >= 0.3 is 0 Å². The lowest BCUT2D eigenvalue weighted by molar-refractivity contribution is -0.383. The Bertz CT molecular complexity index is 930. The molecular formula is C20H20N4O2. The summed E-state index contributed by atoms with van der Waals surface area (Å²) in [6.45, 7) is 1.81. The van der Waals surface area contributed by atoms with Crippen molar-refractivity contribution in [1.29, 1.82) is 0 Å². The molecule has 1 aromatic heterocycles. The summed E-state index contributed by atoms with van der Waals surface area (Å²) >= 11 is 0. The van der Waals surface area contributed by atoms with Gasteiger partial charge in [-0.2, -0.15) is 0 Å². The number of nitrogens with one attached hydrogen (secondary N) is 1. The van der Waals surface area contributed by atoms with Gasteiger partial charge in [0.1, 0.15) is 0 Å². The third-order valence-corrected chi connectivity index (χ3v) is 4.88. The fourth-order valence-electron chi connectivity index (χ4n) is 3.68. The Morgan fingerprint density at radius 3 is 2.77 bits per heavy atom. The molecule has 0 aliphatic carbocycles. The standard InChI is InChI=1S/C20H20N4O2/c25-24(26)20-9-8-19(17-10-11-21-13-18(17)20)23-12-4-7-16(14-23)22-15-5-2-1-3-6-15/h1-3,5-6,8-11,13,16,22H,4,7,12,14H2. The number of pyridine rings is 1. The van der Waals surface area contributed by atoms with E-state index >= 15 is 0 Å². The number of para-hydroxylation sites is 1. The van der Waals surface area contributed by atoms with Crippen molar-refractivity contribution in [2.75, 3.05) is 23.3 Å². The molecule has 26 heavy (non-hydrogen) atoms. The number of hydrogen-bond acceptors (Lipinski definition) is 5. The minimum atomic E-state index is -0.343. The normalized spacial score (nSPS) is 17.2. The summed E-state index contributed by atoms with van der Waals surface area (Å²) in [4.78, 5) is 17.4. The van der Waals surface area contributed by atoms with Gasteiger partial charge in [0.05, 0.1) is 10.3 Å². The van der Waals surface area contributed by atoms with E-state index in [0.29, 0.717) is 11.4 Å². The number of rotatable bonds is 4. The number of piperidine rings is 1. The molecule has 2 heterocycles. The Hall–Kier alpha value is -3.15. The van der Waals surface area contributed by atoms with E-state index in [1.54, 1.807) is 18.5 Å². The second kappa shape index (κ2) is 7.00. The van der Waals surface area contributed by atoms with Gasteiger partial charge in [0.15, 0.2) is 0 Å². The topological polar surface area (TPSA) is 71.3 Å². The molecule has 6 nitrogen and oxygen atoms in total. The van der Waals surface area contributed by atoms with Gasteiger partial charge in [-0.25, -0.2) is 0 Å². The smallest absolute Gasteiger partial charge is 0.278 e. The lowest BCUT2D eigenvalue weighted by Gasteiger charge is -2.35. The summed E-state index contributed by atoms with van der Waals surface area (Å²) in [5, 5.41) is 16.4. The number of non-ortho nitro benzene ring substituents is 1. The van der Waals surface area contributed by atoms with E-state index in [9.17, 15) is 10.1 Å². The maximum atomic E-state index is 11.3.